The van der Waals surface area contributed by atoms with Crippen LogP contribution < -0.4 is 4.90 Å². The molecule has 0 radical (unpaired) electrons. The molecule has 2 heterocycles. The van der Waals surface area contributed by atoms with Crippen molar-refractivity contribution >= 4 is 17.4 Å². The topological polar surface area (TPSA) is 23.5 Å². The normalized spacial score (nSPS) is 29.6. The van der Waals surface area contributed by atoms with Gasteiger partial charge in [-0.05, 0) is 165 Å². The van der Waals surface area contributed by atoms with Crippen LogP contribution >= 0.6 is 11.8 Å². The number of thioether (sulfide) groups is 1. The molecule has 1 fully saturated rings. The molecule has 0 aromatic heterocycles. The van der Waals surface area contributed by atoms with E-state index in [9.17, 15) is 5.11 Å². The molecule has 10 unspecified atom stereocenters. The van der Waals surface area contributed by atoms with Crippen molar-refractivity contribution in [2.75, 3.05) is 4.90 Å². The summed E-state index contributed by atoms with van der Waals surface area (Å²) in [6.07, 6.45) is 41.7. The maximum absolute atomic E-state index is 13.0. The Morgan fingerprint density at radius 2 is 1.67 bits per heavy atom. The van der Waals surface area contributed by atoms with E-state index in [0.717, 1.165) is 57.8 Å². The molecule has 10 atom stereocenters. The number of nitrogens with zero attached hydrogens (tertiary/aromatic N) is 1. The summed E-state index contributed by atoms with van der Waals surface area (Å²) in [6, 6.07) is 27.9. The minimum Gasteiger partial charge on any atom is -0.393 e. The van der Waals surface area contributed by atoms with Gasteiger partial charge in [0.15, 0.2) is 0 Å². The van der Waals surface area contributed by atoms with Gasteiger partial charge in [-0.3, -0.25) is 0 Å². The first kappa shape index (κ1) is 43.1. The predicted molar refractivity (Wildman–Crippen MR) is 272 cm³/mol. The van der Waals surface area contributed by atoms with Crippen LogP contribution in [0.15, 0.2) is 196 Å². The summed E-state index contributed by atoms with van der Waals surface area (Å²) < 4.78 is 0. The number of hydrogen-bond donors (Lipinski definition) is 1. The first-order valence-electron chi connectivity index (χ1n) is 24.6. The minimum absolute atomic E-state index is 0.149. The molecule has 328 valence electrons. The van der Waals surface area contributed by atoms with Gasteiger partial charge in [-0.15, -0.1) is 0 Å². The number of fused-ring (bicyclic) bond motifs is 8. The lowest BCUT2D eigenvalue weighted by Gasteiger charge is -2.41. The number of hydrogen-bond acceptors (Lipinski definition) is 3. The van der Waals surface area contributed by atoms with E-state index in [1.54, 1.807) is 16.7 Å². The van der Waals surface area contributed by atoms with Crippen molar-refractivity contribution in [2.45, 2.75) is 126 Å². The van der Waals surface area contributed by atoms with E-state index >= 15 is 0 Å². The van der Waals surface area contributed by atoms with Gasteiger partial charge in [0.05, 0.1) is 17.8 Å². The monoisotopic (exact) mass is 861 g/mol. The van der Waals surface area contributed by atoms with Crippen molar-refractivity contribution in [1.82, 2.24) is 0 Å². The number of aliphatic hydroxyl groups is 1. The van der Waals surface area contributed by atoms with Gasteiger partial charge in [0.1, 0.15) is 0 Å². The van der Waals surface area contributed by atoms with Gasteiger partial charge in [0.25, 0.3) is 0 Å². The summed E-state index contributed by atoms with van der Waals surface area (Å²) in [4.78, 5) is 5.54. The number of allylic oxidation sites excluding steroid dienone is 16. The van der Waals surface area contributed by atoms with Crippen molar-refractivity contribution in [3.8, 4) is 0 Å². The van der Waals surface area contributed by atoms with E-state index < -0.39 is 0 Å². The third kappa shape index (κ3) is 8.44. The molecule has 0 saturated heterocycles. The number of anilines is 1. The number of benzene rings is 3. The first-order chi connectivity index (χ1) is 31.4. The Morgan fingerprint density at radius 1 is 0.859 bits per heavy atom. The average molecular weight is 862 g/mol. The smallest absolute Gasteiger partial charge is 0.0596 e. The van der Waals surface area contributed by atoms with Crippen LogP contribution in [0.5, 0.6) is 0 Å². The molecular weight excluding hydrogens is 795 g/mol. The van der Waals surface area contributed by atoms with Gasteiger partial charge in [-0.1, -0.05) is 176 Å². The molecule has 10 rings (SSSR count). The van der Waals surface area contributed by atoms with Crippen molar-refractivity contribution in [2.24, 2.45) is 23.7 Å². The quantitative estimate of drug-likeness (QED) is 0.267. The lowest BCUT2D eigenvalue weighted by atomic mass is 9.73. The highest BCUT2D eigenvalue weighted by atomic mass is 32.2. The van der Waals surface area contributed by atoms with Crippen LogP contribution in [0.2, 0.25) is 0 Å². The van der Waals surface area contributed by atoms with E-state index in [1.165, 1.54) is 49.0 Å². The standard InChI is InChI=1S/C61H67NOS/c1-5-20-44-24-16-17-27-47-37-46(44)31-35-55(63)59-57-48(38-52(45-25-13-9-14-26-45)42(4)43-22-11-8-12-23-43)39-53-41(3)40(2)21-10-6-7-15-30-54(53)62-49-28-18-19-29-50(33-32-49)64-56-36-34-51(47)58(60(57)59)61(56)62/h5-6,8-16,18-26,28-30,33-34,36,41-42,47-49,52,55,57,59-60,63H,7,17,27,31-32,35,37-39H2,1-4H3. The summed E-state index contributed by atoms with van der Waals surface area (Å²) >= 11 is 1.96. The summed E-state index contributed by atoms with van der Waals surface area (Å²) in [6.45, 7) is 9.47. The van der Waals surface area contributed by atoms with E-state index in [2.05, 4.69) is 190 Å². The zero-order valence-electron chi connectivity index (χ0n) is 38.5. The molecule has 3 aromatic carbocycles. The predicted octanol–water partition coefficient (Wildman–Crippen LogP) is 15.9. The second-order valence-electron chi connectivity index (χ2n) is 19.8. The summed E-state index contributed by atoms with van der Waals surface area (Å²) in [5, 5.41) is 13.0. The van der Waals surface area contributed by atoms with Crippen LogP contribution in [-0.2, 0) is 0 Å². The van der Waals surface area contributed by atoms with Crippen LogP contribution in [0.25, 0.3) is 0 Å². The van der Waals surface area contributed by atoms with E-state index in [1.807, 2.05) is 11.8 Å². The summed E-state index contributed by atoms with van der Waals surface area (Å²) in [7, 11) is 0. The molecule has 2 nitrogen and oxygen atoms in total. The second-order valence-corrected chi connectivity index (χ2v) is 20.9. The van der Waals surface area contributed by atoms with Gasteiger partial charge in [0, 0.05) is 21.4 Å². The zero-order valence-corrected chi connectivity index (χ0v) is 39.3. The van der Waals surface area contributed by atoms with Crippen LogP contribution in [0.4, 0.5) is 5.69 Å². The fraction of sp³-hybridized carbons (Fsp3) is 0.377. The Bertz CT molecular complexity index is 2520. The van der Waals surface area contributed by atoms with Gasteiger partial charge in [-0.2, -0.15) is 0 Å². The zero-order chi connectivity index (χ0) is 43.7. The molecule has 1 N–H and O–H groups in total. The Morgan fingerprint density at radius 3 is 2.48 bits per heavy atom. The van der Waals surface area contributed by atoms with Crippen LogP contribution in [0.1, 0.15) is 131 Å². The molecule has 3 aromatic rings. The molecule has 0 amide bonds. The highest BCUT2D eigenvalue weighted by Crippen LogP contribution is 2.68. The number of rotatable bonds is 6. The minimum atomic E-state index is -0.378. The lowest BCUT2D eigenvalue weighted by Crippen LogP contribution is -2.36. The second kappa shape index (κ2) is 18.9. The maximum Gasteiger partial charge on any atom is 0.0596 e. The molecule has 64 heavy (non-hydrogen) atoms. The molecule has 0 spiro atoms. The Balaban J connectivity index is 1.26. The van der Waals surface area contributed by atoms with E-state index in [-0.39, 0.29) is 29.9 Å². The van der Waals surface area contributed by atoms with Crippen molar-refractivity contribution < 1.29 is 5.11 Å². The van der Waals surface area contributed by atoms with Crippen LogP contribution in [-0.4, -0.2) is 17.3 Å². The van der Waals surface area contributed by atoms with Gasteiger partial charge < -0.3 is 10.0 Å². The summed E-state index contributed by atoms with van der Waals surface area (Å²) in [5.74, 6) is 2.51. The molecule has 2 aliphatic heterocycles. The fourth-order valence-electron chi connectivity index (χ4n) is 12.7. The molecule has 4 bridgehead atoms. The van der Waals surface area contributed by atoms with E-state index in [4.69, 9.17) is 0 Å². The Labute approximate surface area is 388 Å². The molecule has 7 aliphatic rings. The van der Waals surface area contributed by atoms with Gasteiger partial charge in [0.2, 0.25) is 0 Å². The van der Waals surface area contributed by atoms with E-state index in [0.29, 0.717) is 29.6 Å². The van der Waals surface area contributed by atoms with Crippen LogP contribution in [0.3, 0.4) is 0 Å². The SMILES string of the molecule is CC=CC1=C2CCC(O)C3C4c5c(ccc6c5N(C5=C(CC(CC(c7ccccc7)C(C)c7ccccc7)C43)C(C)C(C)=CC=CCC=C5)C3C=CC=CC(=CC3)S6)C(CCC=C1)C2. The highest BCUT2D eigenvalue weighted by molar-refractivity contribution is 8.03. The molecule has 1 saturated carbocycles. The Kier molecular flexibility index (Phi) is 12.8. The average Bonchev–Trinajstić information content (AvgIpc) is 4.04. The molecular formula is C61H67NOS. The largest absolute Gasteiger partial charge is 0.393 e. The van der Waals surface area contributed by atoms with Crippen molar-refractivity contribution in [3.05, 3.63) is 213 Å². The lowest BCUT2D eigenvalue weighted by molar-refractivity contribution is 0.126. The third-order valence-corrected chi connectivity index (χ3v) is 17.3. The fourth-order valence-corrected chi connectivity index (χ4v) is 13.7. The molecule has 3 heteroatoms. The number of aliphatic hydroxyl groups excluding tert-OH is 1. The third-order valence-electron chi connectivity index (χ3n) is 16.2. The molecule has 5 aliphatic carbocycles. The highest BCUT2D eigenvalue weighted by Gasteiger charge is 2.60. The first-order valence-corrected chi connectivity index (χ1v) is 25.4. The van der Waals surface area contributed by atoms with Crippen molar-refractivity contribution in [1.29, 1.82) is 0 Å². The Hall–Kier alpha value is -4.83. The van der Waals surface area contributed by atoms with Gasteiger partial charge in [-0.25, -0.2) is 0 Å². The van der Waals surface area contributed by atoms with Gasteiger partial charge >= 0.3 is 0 Å². The summed E-state index contributed by atoms with van der Waals surface area (Å²) in [5.41, 5.74) is 14.6. The van der Waals surface area contributed by atoms with Crippen LogP contribution in [0, 0.1) is 23.7 Å². The maximum atomic E-state index is 13.0. The van der Waals surface area contributed by atoms with Crippen molar-refractivity contribution in [3.63, 3.8) is 0 Å².